The van der Waals surface area contributed by atoms with Crippen molar-refractivity contribution < 1.29 is 0 Å². The van der Waals surface area contributed by atoms with Gasteiger partial charge in [-0.1, -0.05) is 21.1 Å². The largest absolute Gasteiger partial charge is 0.330 e. The van der Waals surface area contributed by atoms with Crippen molar-refractivity contribution in [3.05, 3.63) is 40.1 Å². The minimum Gasteiger partial charge on any atom is -0.330 e. The van der Waals surface area contributed by atoms with Crippen molar-refractivity contribution in [2.45, 2.75) is 13.3 Å². The lowest BCUT2D eigenvalue weighted by atomic mass is 10.2. The van der Waals surface area contributed by atoms with Crippen LogP contribution in [0.2, 0.25) is 0 Å². The molecule has 84 valence electrons. The molecule has 0 fully saturated rings. The van der Waals surface area contributed by atoms with Crippen LogP contribution in [0, 0.1) is 6.92 Å². The second kappa shape index (κ2) is 4.76. The lowest BCUT2D eigenvalue weighted by Crippen LogP contribution is -2.02. The Morgan fingerprint density at radius 3 is 2.94 bits per heavy atom. The highest BCUT2D eigenvalue weighted by Gasteiger charge is 2.03. The van der Waals surface area contributed by atoms with Crippen LogP contribution in [0.5, 0.6) is 0 Å². The van der Waals surface area contributed by atoms with Crippen molar-refractivity contribution in [3.63, 3.8) is 0 Å². The fraction of sp³-hybridized carbons (Fsp3) is 0.273. The molecule has 0 unspecified atom stereocenters. The zero-order valence-electron chi connectivity index (χ0n) is 9.02. The predicted octanol–water partition coefficient (Wildman–Crippen LogP) is 1.84. The highest BCUT2D eigenvalue weighted by molar-refractivity contribution is 9.10. The summed E-state index contributed by atoms with van der Waals surface area (Å²) in [5.74, 6) is 0. The summed E-state index contributed by atoms with van der Waals surface area (Å²) in [7, 11) is 0. The van der Waals surface area contributed by atoms with Gasteiger partial charge in [0.25, 0.3) is 0 Å². The van der Waals surface area contributed by atoms with E-state index in [1.54, 1.807) is 4.68 Å². The van der Waals surface area contributed by atoms with Gasteiger partial charge >= 0.3 is 0 Å². The lowest BCUT2D eigenvalue weighted by Gasteiger charge is -2.02. The normalized spacial score (nSPS) is 10.7. The standard InChI is InChI=1S/C11H13BrN4/c1-8-6-10(2-3-11(8)12)16-7-9(4-5-13)14-15-16/h2-3,6-7H,4-5,13H2,1H3. The first kappa shape index (κ1) is 11.3. The molecular weight excluding hydrogens is 268 g/mol. The van der Waals surface area contributed by atoms with E-state index in [2.05, 4.69) is 32.3 Å². The van der Waals surface area contributed by atoms with E-state index in [4.69, 9.17) is 5.73 Å². The smallest absolute Gasteiger partial charge is 0.0844 e. The molecule has 0 bridgehead atoms. The molecule has 5 heteroatoms. The summed E-state index contributed by atoms with van der Waals surface area (Å²) < 4.78 is 2.86. The molecule has 1 heterocycles. The molecule has 0 saturated heterocycles. The number of halogens is 1. The second-order valence-electron chi connectivity index (χ2n) is 3.63. The number of nitrogens with zero attached hydrogens (tertiary/aromatic N) is 3. The average Bonchev–Trinajstić information content (AvgIpc) is 2.71. The van der Waals surface area contributed by atoms with Gasteiger partial charge in [0, 0.05) is 10.9 Å². The molecule has 16 heavy (non-hydrogen) atoms. The summed E-state index contributed by atoms with van der Waals surface area (Å²) in [6.45, 7) is 2.64. The molecule has 0 atom stereocenters. The van der Waals surface area contributed by atoms with Crippen molar-refractivity contribution in [2.24, 2.45) is 5.73 Å². The Bertz CT molecular complexity index is 492. The van der Waals surface area contributed by atoms with E-state index >= 15 is 0 Å². The van der Waals surface area contributed by atoms with Crippen molar-refractivity contribution in [1.29, 1.82) is 0 Å². The number of hydrogen-bond donors (Lipinski definition) is 1. The van der Waals surface area contributed by atoms with Crippen molar-refractivity contribution >= 4 is 15.9 Å². The average molecular weight is 281 g/mol. The van der Waals surface area contributed by atoms with Gasteiger partial charge < -0.3 is 5.73 Å². The quantitative estimate of drug-likeness (QED) is 0.934. The minimum atomic E-state index is 0.595. The van der Waals surface area contributed by atoms with Crippen LogP contribution in [-0.2, 0) is 6.42 Å². The van der Waals surface area contributed by atoms with Gasteiger partial charge in [0.05, 0.1) is 17.6 Å². The van der Waals surface area contributed by atoms with E-state index in [0.717, 1.165) is 22.3 Å². The van der Waals surface area contributed by atoms with Gasteiger partial charge in [-0.25, -0.2) is 4.68 Å². The maximum absolute atomic E-state index is 5.47. The third kappa shape index (κ3) is 2.31. The molecular formula is C11H13BrN4. The van der Waals surface area contributed by atoms with Gasteiger partial charge in [-0.3, -0.25) is 0 Å². The highest BCUT2D eigenvalue weighted by atomic mass is 79.9. The van der Waals surface area contributed by atoms with Crippen LogP contribution in [0.3, 0.4) is 0 Å². The zero-order chi connectivity index (χ0) is 11.5. The fourth-order valence-corrected chi connectivity index (χ4v) is 1.71. The molecule has 0 aliphatic carbocycles. The number of nitrogens with two attached hydrogens (primary N) is 1. The van der Waals surface area contributed by atoms with E-state index in [9.17, 15) is 0 Å². The Kier molecular flexibility index (Phi) is 3.36. The highest BCUT2D eigenvalue weighted by Crippen LogP contribution is 2.19. The van der Waals surface area contributed by atoms with Crippen molar-refractivity contribution in [1.82, 2.24) is 15.0 Å². The maximum Gasteiger partial charge on any atom is 0.0844 e. The molecule has 0 aliphatic heterocycles. The first-order valence-corrected chi connectivity index (χ1v) is 5.88. The van der Waals surface area contributed by atoms with Crippen LogP contribution < -0.4 is 5.73 Å². The molecule has 2 N–H and O–H groups in total. The topological polar surface area (TPSA) is 56.7 Å². The Labute approximate surface area is 103 Å². The van der Waals surface area contributed by atoms with Gasteiger partial charge in [-0.15, -0.1) is 5.10 Å². The number of benzene rings is 1. The van der Waals surface area contributed by atoms with Crippen molar-refractivity contribution in [3.8, 4) is 5.69 Å². The molecule has 0 saturated carbocycles. The van der Waals surface area contributed by atoms with Crippen molar-refractivity contribution in [2.75, 3.05) is 6.54 Å². The van der Waals surface area contributed by atoms with Gasteiger partial charge in [0.1, 0.15) is 0 Å². The Morgan fingerprint density at radius 1 is 1.44 bits per heavy atom. The molecule has 0 amide bonds. The van der Waals surface area contributed by atoms with E-state index in [-0.39, 0.29) is 0 Å². The molecule has 2 aromatic rings. The van der Waals surface area contributed by atoms with Crippen LogP contribution in [0.15, 0.2) is 28.9 Å². The lowest BCUT2D eigenvalue weighted by molar-refractivity contribution is 0.794. The molecule has 4 nitrogen and oxygen atoms in total. The summed E-state index contributed by atoms with van der Waals surface area (Å²) in [6, 6.07) is 6.07. The van der Waals surface area contributed by atoms with Gasteiger partial charge in [0.2, 0.25) is 0 Å². The molecule has 1 aromatic heterocycles. The van der Waals surface area contributed by atoms with Crippen LogP contribution in [0.1, 0.15) is 11.3 Å². The summed E-state index contributed by atoms with van der Waals surface area (Å²) in [6.07, 6.45) is 2.67. The number of hydrogen-bond acceptors (Lipinski definition) is 3. The summed E-state index contributed by atoms with van der Waals surface area (Å²) in [5.41, 5.74) is 8.57. The number of aromatic nitrogens is 3. The fourth-order valence-electron chi connectivity index (χ4n) is 1.46. The second-order valence-corrected chi connectivity index (χ2v) is 4.48. The van der Waals surface area contributed by atoms with Crippen LogP contribution >= 0.6 is 15.9 Å². The molecule has 1 aromatic carbocycles. The predicted molar refractivity (Wildman–Crippen MR) is 66.6 cm³/mol. The van der Waals surface area contributed by atoms with Gasteiger partial charge in [-0.2, -0.15) is 0 Å². The SMILES string of the molecule is Cc1cc(-n2cc(CCN)nn2)ccc1Br. The van der Waals surface area contributed by atoms with Gasteiger partial charge in [-0.05, 0) is 37.2 Å². The molecule has 0 radical (unpaired) electrons. The van der Waals surface area contributed by atoms with Crippen LogP contribution in [0.25, 0.3) is 5.69 Å². The molecule has 0 aliphatic rings. The molecule has 0 spiro atoms. The summed E-state index contributed by atoms with van der Waals surface area (Å²) in [4.78, 5) is 0. The third-order valence-corrected chi connectivity index (χ3v) is 3.24. The first-order valence-electron chi connectivity index (χ1n) is 5.08. The van der Waals surface area contributed by atoms with Gasteiger partial charge in [0.15, 0.2) is 0 Å². The minimum absolute atomic E-state index is 0.595. The van der Waals surface area contributed by atoms with E-state index < -0.39 is 0 Å². The Morgan fingerprint density at radius 2 is 2.25 bits per heavy atom. The summed E-state index contributed by atoms with van der Waals surface area (Å²) in [5, 5.41) is 8.13. The first-order chi connectivity index (χ1) is 7.70. The van der Waals surface area contributed by atoms with Crippen LogP contribution in [-0.4, -0.2) is 21.5 Å². The number of rotatable bonds is 3. The monoisotopic (exact) mass is 280 g/mol. The molecule has 2 rings (SSSR count). The van der Waals surface area contributed by atoms with E-state index in [1.165, 1.54) is 5.56 Å². The third-order valence-electron chi connectivity index (χ3n) is 2.35. The number of aryl methyl sites for hydroxylation is 1. The Hall–Kier alpha value is -1.20. The zero-order valence-corrected chi connectivity index (χ0v) is 10.6. The van der Waals surface area contributed by atoms with E-state index in [0.29, 0.717) is 6.54 Å². The summed E-state index contributed by atoms with van der Waals surface area (Å²) >= 11 is 3.47. The maximum atomic E-state index is 5.47. The van der Waals surface area contributed by atoms with E-state index in [1.807, 2.05) is 25.3 Å². The Balaban J connectivity index is 2.31. The van der Waals surface area contributed by atoms with Crippen LogP contribution in [0.4, 0.5) is 0 Å².